The van der Waals surface area contributed by atoms with Gasteiger partial charge in [-0.2, -0.15) is 0 Å². The van der Waals surface area contributed by atoms with Crippen LogP contribution in [0.3, 0.4) is 0 Å². The normalized spacial score (nSPS) is 10.5. The molecule has 6 heteroatoms. The summed E-state index contributed by atoms with van der Waals surface area (Å²) in [5.41, 5.74) is 7.39. The van der Waals surface area contributed by atoms with Gasteiger partial charge in [0.1, 0.15) is 0 Å². The first-order valence-corrected chi connectivity index (χ1v) is 7.00. The molecule has 2 rings (SSSR count). The lowest BCUT2D eigenvalue weighted by atomic mass is 9.94. The number of pyridine rings is 1. The van der Waals surface area contributed by atoms with Gasteiger partial charge in [-0.1, -0.05) is 19.9 Å². The van der Waals surface area contributed by atoms with E-state index in [4.69, 9.17) is 5.73 Å². The van der Waals surface area contributed by atoms with E-state index in [2.05, 4.69) is 10.3 Å². The number of nitrogens with two attached hydrogens (primary N) is 1. The van der Waals surface area contributed by atoms with E-state index < -0.39 is 0 Å². The second-order valence-electron chi connectivity index (χ2n) is 5.16. The standard InChI is InChI=1S/C16H21N3O.2ClH/c1-3-16(17,4-2)11-19-15(20)13-7-8-14-12(10-13)6-5-9-18-14;;/h5-10H,3-4,11,17H2,1-2H3,(H,19,20);2*1H. The van der Waals surface area contributed by atoms with Gasteiger partial charge in [0.2, 0.25) is 0 Å². The second-order valence-corrected chi connectivity index (χ2v) is 5.16. The van der Waals surface area contributed by atoms with Gasteiger partial charge in [0.25, 0.3) is 5.91 Å². The van der Waals surface area contributed by atoms with Crippen LogP contribution in [0.25, 0.3) is 10.9 Å². The van der Waals surface area contributed by atoms with Gasteiger partial charge >= 0.3 is 0 Å². The lowest BCUT2D eigenvalue weighted by Crippen LogP contribution is -2.49. The Labute approximate surface area is 143 Å². The Balaban J connectivity index is 0.00000220. The van der Waals surface area contributed by atoms with E-state index in [0.29, 0.717) is 12.1 Å². The molecule has 4 nitrogen and oxygen atoms in total. The van der Waals surface area contributed by atoms with E-state index in [1.165, 1.54) is 0 Å². The summed E-state index contributed by atoms with van der Waals surface area (Å²) < 4.78 is 0. The van der Waals surface area contributed by atoms with Crippen LogP contribution in [0.1, 0.15) is 37.0 Å². The molecule has 0 aliphatic carbocycles. The molecule has 0 saturated heterocycles. The topological polar surface area (TPSA) is 68.0 Å². The van der Waals surface area contributed by atoms with Crippen molar-refractivity contribution in [2.75, 3.05) is 6.54 Å². The maximum atomic E-state index is 12.2. The van der Waals surface area contributed by atoms with E-state index in [1.54, 1.807) is 12.3 Å². The number of hydrogen-bond acceptors (Lipinski definition) is 3. The zero-order chi connectivity index (χ0) is 14.6. The highest BCUT2D eigenvalue weighted by molar-refractivity contribution is 5.97. The highest BCUT2D eigenvalue weighted by atomic mass is 35.5. The Kier molecular flexibility index (Phi) is 8.38. The monoisotopic (exact) mass is 343 g/mol. The van der Waals surface area contributed by atoms with Crippen LogP contribution in [0.4, 0.5) is 0 Å². The molecule has 122 valence electrons. The van der Waals surface area contributed by atoms with Crippen LogP contribution in [0.2, 0.25) is 0 Å². The molecule has 0 fully saturated rings. The molecular formula is C16H23Cl2N3O. The number of amides is 1. The van der Waals surface area contributed by atoms with Crippen LogP contribution in [0.5, 0.6) is 0 Å². The Morgan fingerprint density at radius 1 is 1.23 bits per heavy atom. The summed E-state index contributed by atoms with van der Waals surface area (Å²) in [7, 11) is 0. The van der Waals surface area contributed by atoms with Crippen molar-refractivity contribution in [3.05, 3.63) is 42.1 Å². The number of nitrogens with zero attached hydrogens (tertiary/aromatic N) is 1. The molecule has 1 aromatic carbocycles. The van der Waals surface area contributed by atoms with Crippen molar-refractivity contribution in [2.45, 2.75) is 32.2 Å². The van der Waals surface area contributed by atoms with Crippen LogP contribution in [0.15, 0.2) is 36.5 Å². The van der Waals surface area contributed by atoms with Gasteiger partial charge in [-0.3, -0.25) is 9.78 Å². The molecule has 0 aliphatic heterocycles. The van der Waals surface area contributed by atoms with Gasteiger partial charge in [-0.05, 0) is 37.1 Å². The van der Waals surface area contributed by atoms with Crippen molar-refractivity contribution in [3.8, 4) is 0 Å². The number of rotatable bonds is 5. The van der Waals surface area contributed by atoms with Crippen molar-refractivity contribution in [3.63, 3.8) is 0 Å². The first kappa shape index (κ1) is 20.6. The van der Waals surface area contributed by atoms with Crippen molar-refractivity contribution in [1.82, 2.24) is 10.3 Å². The van der Waals surface area contributed by atoms with E-state index in [1.807, 2.05) is 38.1 Å². The largest absolute Gasteiger partial charge is 0.350 e. The van der Waals surface area contributed by atoms with Gasteiger partial charge in [-0.15, -0.1) is 24.8 Å². The number of nitrogens with one attached hydrogen (secondary N) is 1. The molecule has 3 N–H and O–H groups in total. The minimum absolute atomic E-state index is 0. The van der Waals surface area contributed by atoms with Crippen molar-refractivity contribution < 1.29 is 4.79 Å². The number of carbonyl (C=O) groups excluding carboxylic acids is 1. The number of benzene rings is 1. The molecule has 0 bridgehead atoms. The summed E-state index contributed by atoms with van der Waals surface area (Å²) >= 11 is 0. The molecule has 0 saturated carbocycles. The van der Waals surface area contributed by atoms with Gasteiger partial charge in [0.15, 0.2) is 0 Å². The van der Waals surface area contributed by atoms with Crippen LogP contribution >= 0.6 is 24.8 Å². The van der Waals surface area contributed by atoms with Gasteiger partial charge in [0.05, 0.1) is 5.52 Å². The highest BCUT2D eigenvalue weighted by Crippen LogP contribution is 2.14. The average molecular weight is 344 g/mol. The van der Waals surface area contributed by atoms with Crippen molar-refractivity contribution in [1.29, 1.82) is 0 Å². The summed E-state index contributed by atoms with van der Waals surface area (Å²) in [6, 6.07) is 9.32. The summed E-state index contributed by atoms with van der Waals surface area (Å²) in [5.74, 6) is -0.0903. The Morgan fingerprint density at radius 3 is 2.55 bits per heavy atom. The van der Waals surface area contributed by atoms with E-state index >= 15 is 0 Å². The molecule has 1 aromatic heterocycles. The Hall–Kier alpha value is -1.36. The molecular weight excluding hydrogens is 321 g/mol. The second kappa shape index (κ2) is 8.93. The van der Waals surface area contributed by atoms with Crippen LogP contribution in [0, 0.1) is 0 Å². The number of hydrogen-bond donors (Lipinski definition) is 2. The fourth-order valence-corrected chi connectivity index (χ4v) is 2.08. The van der Waals surface area contributed by atoms with Crippen LogP contribution < -0.4 is 11.1 Å². The molecule has 0 spiro atoms. The fraction of sp³-hybridized carbons (Fsp3) is 0.375. The van der Waals surface area contributed by atoms with E-state index in [0.717, 1.165) is 23.7 Å². The van der Waals surface area contributed by atoms with Crippen molar-refractivity contribution in [2.24, 2.45) is 5.73 Å². The number of aromatic nitrogens is 1. The summed E-state index contributed by atoms with van der Waals surface area (Å²) in [6.45, 7) is 4.57. The number of halogens is 2. The molecule has 0 aliphatic rings. The lowest BCUT2D eigenvalue weighted by Gasteiger charge is -2.26. The fourth-order valence-electron chi connectivity index (χ4n) is 2.08. The summed E-state index contributed by atoms with van der Waals surface area (Å²) in [5, 5.41) is 3.88. The molecule has 1 amide bonds. The van der Waals surface area contributed by atoms with Crippen LogP contribution in [-0.2, 0) is 0 Å². The molecule has 22 heavy (non-hydrogen) atoms. The van der Waals surface area contributed by atoms with Crippen molar-refractivity contribution >= 4 is 41.6 Å². The molecule has 0 atom stereocenters. The predicted octanol–water partition coefficient (Wildman–Crippen LogP) is 3.33. The van der Waals surface area contributed by atoms with E-state index in [9.17, 15) is 4.79 Å². The molecule has 1 heterocycles. The highest BCUT2D eigenvalue weighted by Gasteiger charge is 2.21. The quantitative estimate of drug-likeness (QED) is 0.874. The maximum absolute atomic E-state index is 12.2. The smallest absolute Gasteiger partial charge is 0.251 e. The third-order valence-electron chi connectivity index (χ3n) is 3.87. The molecule has 0 radical (unpaired) electrons. The third kappa shape index (κ3) is 4.83. The lowest BCUT2D eigenvalue weighted by molar-refractivity contribution is 0.0942. The SMILES string of the molecule is CCC(N)(CC)CNC(=O)c1ccc2ncccc2c1.Cl.Cl. The zero-order valence-corrected chi connectivity index (χ0v) is 14.5. The van der Waals surface area contributed by atoms with Gasteiger partial charge in [-0.25, -0.2) is 0 Å². The van der Waals surface area contributed by atoms with Gasteiger partial charge in [0, 0.05) is 29.2 Å². The minimum atomic E-state index is -0.325. The summed E-state index contributed by atoms with van der Waals surface area (Å²) in [6.07, 6.45) is 3.42. The Bertz CT molecular complexity index is 615. The number of fused-ring (bicyclic) bond motifs is 1. The molecule has 0 unspecified atom stereocenters. The molecule has 2 aromatic rings. The van der Waals surface area contributed by atoms with Crippen LogP contribution in [-0.4, -0.2) is 23.0 Å². The predicted molar refractivity (Wildman–Crippen MR) is 96.1 cm³/mol. The Morgan fingerprint density at radius 2 is 1.91 bits per heavy atom. The third-order valence-corrected chi connectivity index (χ3v) is 3.87. The first-order chi connectivity index (χ1) is 9.58. The number of carbonyl (C=O) groups is 1. The zero-order valence-electron chi connectivity index (χ0n) is 12.8. The maximum Gasteiger partial charge on any atom is 0.251 e. The first-order valence-electron chi connectivity index (χ1n) is 7.00. The van der Waals surface area contributed by atoms with Gasteiger partial charge < -0.3 is 11.1 Å². The average Bonchev–Trinajstić information content (AvgIpc) is 2.51. The minimum Gasteiger partial charge on any atom is -0.350 e. The summed E-state index contributed by atoms with van der Waals surface area (Å²) in [4.78, 5) is 16.4. The van der Waals surface area contributed by atoms with E-state index in [-0.39, 0.29) is 36.3 Å².